The van der Waals surface area contributed by atoms with Gasteiger partial charge in [0.1, 0.15) is 11.3 Å². The molecular weight excluding hydrogens is 369 g/mol. The fourth-order valence-electron chi connectivity index (χ4n) is 3.44. The molecule has 1 fully saturated rings. The summed E-state index contributed by atoms with van der Waals surface area (Å²) in [5.41, 5.74) is 5.63. The van der Waals surface area contributed by atoms with E-state index in [0.717, 1.165) is 28.2 Å². The summed E-state index contributed by atoms with van der Waals surface area (Å²) in [6.45, 7) is 2.06. The van der Waals surface area contributed by atoms with Crippen LogP contribution in [-0.4, -0.2) is 25.3 Å². The maximum absolute atomic E-state index is 13.0. The number of carbonyl (C=O) groups is 1. The second kappa shape index (κ2) is 6.77. The highest BCUT2D eigenvalue weighted by Crippen LogP contribution is 2.41. The first kappa shape index (κ1) is 17.5. The van der Waals surface area contributed by atoms with Gasteiger partial charge in [0, 0.05) is 41.3 Å². The summed E-state index contributed by atoms with van der Waals surface area (Å²) in [6, 6.07) is 10.1. The van der Waals surface area contributed by atoms with Crippen LogP contribution in [0.15, 0.2) is 55.0 Å². The van der Waals surface area contributed by atoms with Gasteiger partial charge in [0.2, 0.25) is 5.95 Å². The van der Waals surface area contributed by atoms with E-state index in [0.29, 0.717) is 17.3 Å². The third-order valence-corrected chi connectivity index (χ3v) is 5.17. The van der Waals surface area contributed by atoms with Crippen molar-refractivity contribution in [3.8, 4) is 11.1 Å². The molecule has 4 aromatic rings. The normalized spacial score (nSPS) is 13.6. The fraction of sp³-hybridized carbons (Fsp3) is 0.182. The van der Waals surface area contributed by atoms with Gasteiger partial charge >= 0.3 is 0 Å². The highest BCUT2D eigenvalue weighted by atomic mass is 19.1. The van der Waals surface area contributed by atoms with Gasteiger partial charge in [0.15, 0.2) is 0 Å². The zero-order valence-electron chi connectivity index (χ0n) is 15.8. The lowest BCUT2D eigenvalue weighted by Crippen LogP contribution is -2.14. The Labute approximate surface area is 166 Å². The van der Waals surface area contributed by atoms with Crippen LogP contribution in [0.1, 0.15) is 40.6 Å². The van der Waals surface area contributed by atoms with Crippen molar-refractivity contribution >= 4 is 17.2 Å². The highest BCUT2D eigenvalue weighted by molar-refractivity contribution is 6.03. The van der Waals surface area contributed by atoms with Crippen molar-refractivity contribution in [1.82, 2.24) is 19.4 Å². The summed E-state index contributed by atoms with van der Waals surface area (Å²) < 4.78 is 15.0. The zero-order chi connectivity index (χ0) is 20.0. The average Bonchev–Trinajstić information content (AvgIpc) is 3.53. The fourth-order valence-corrected chi connectivity index (χ4v) is 3.44. The summed E-state index contributed by atoms with van der Waals surface area (Å²) in [6.07, 6.45) is 7.30. The number of nitrogens with one attached hydrogen (secondary N) is 1. The van der Waals surface area contributed by atoms with Gasteiger partial charge < -0.3 is 9.72 Å². The number of aryl methyl sites for hydroxylation is 1. The quantitative estimate of drug-likeness (QED) is 0.528. The van der Waals surface area contributed by atoms with E-state index in [1.807, 2.05) is 22.7 Å². The zero-order valence-corrected chi connectivity index (χ0v) is 15.8. The predicted molar refractivity (Wildman–Crippen MR) is 107 cm³/mol. The molecule has 144 valence electrons. The van der Waals surface area contributed by atoms with Crippen molar-refractivity contribution in [1.29, 1.82) is 0 Å². The largest absolute Gasteiger partial charge is 0.319 e. The van der Waals surface area contributed by atoms with Crippen LogP contribution in [0.4, 0.5) is 10.1 Å². The Morgan fingerprint density at radius 3 is 2.48 bits per heavy atom. The number of nitrogens with zero attached hydrogens (tertiary/aromatic N) is 4. The Morgan fingerprint density at radius 1 is 1.07 bits per heavy atom. The van der Waals surface area contributed by atoms with E-state index in [1.54, 1.807) is 24.4 Å². The van der Waals surface area contributed by atoms with E-state index < -0.39 is 5.95 Å². The summed E-state index contributed by atoms with van der Waals surface area (Å²) in [4.78, 5) is 25.2. The molecule has 4 heterocycles. The molecule has 1 amide bonds. The number of anilines is 1. The molecule has 0 aliphatic heterocycles. The Morgan fingerprint density at radius 2 is 1.83 bits per heavy atom. The molecule has 0 spiro atoms. The number of halogens is 1. The van der Waals surface area contributed by atoms with Gasteiger partial charge in [-0.3, -0.25) is 9.78 Å². The molecule has 6 nitrogen and oxygen atoms in total. The van der Waals surface area contributed by atoms with E-state index in [2.05, 4.69) is 22.2 Å². The number of carbonyl (C=O) groups excluding carboxylic acids is 1. The van der Waals surface area contributed by atoms with Gasteiger partial charge in [0.05, 0.1) is 11.4 Å². The molecule has 1 aliphatic rings. The minimum atomic E-state index is -0.535. The van der Waals surface area contributed by atoms with Gasteiger partial charge in [-0.2, -0.15) is 4.39 Å². The summed E-state index contributed by atoms with van der Waals surface area (Å²) in [5.74, 6) is -0.257. The molecule has 0 unspecified atom stereocenters. The third kappa shape index (κ3) is 3.35. The van der Waals surface area contributed by atoms with E-state index >= 15 is 0 Å². The van der Waals surface area contributed by atoms with E-state index in [-0.39, 0.29) is 5.91 Å². The predicted octanol–water partition coefficient (Wildman–Crippen LogP) is 4.37. The van der Waals surface area contributed by atoms with Crippen molar-refractivity contribution < 1.29 is 9.18 Å². The maximum Gasteiger partial charge on any atom is 0.274 e. The molecule has 4 aromatic heterocycles. The van der Waals surface area contributed by atoms with Crippen molar-refractivity contribution in [3.05, 3.63) is 78.0 Å². The van der Waals surface area contributed by atoms with Crippen molar-refractivity contribution in [2.45, 2.75) is 25.7 Å². The van der Waals surface area contributed by atoms with Crippen LogP contribution in [0.3, 0.4) is 0 Å². The minimum absolute atomic E-state index is 0.296. The Hall–Kier alpha value is -3.61. The molecule has 0 atom stereocenters. The Balaban J connectivity index is 1.35. The molecule has 0 radical (unpaired) electrons. The topological polar surface area (TPSA) is 72.2 Å². The number of hydrogen-bond acceptors (Lipinski definition) is 4. The molecule has 29 heavy (non-hydrogen) atoms. The minimum Gasteiger partial charge on any atom is -0.319 e. The van der Waals surface area contributed by atoms with Crippen LogP contribution in [0.5, 0.6) is 0 Å². The standard InChI is InChI=1S/C22H18FN5O/c1-13-21(14-2-3-14)27-20-9-6-17(12-28(13)20)26-22(29)18-7-4-15(10-24-18)16-5-8-19(23)25-11-16/h4-12,14H,2-3H2,1H3,(H,26,29). The van der Waals surface area contributed by atoms with Gasteiger partial charge in [-0.1, -0.05) is 6.07 Å². The summed E-state index contributed by atoms with van der Waals surface area (Å²) in [5, 5.41) is 2.89. The SMILES string of the molecule is Cc1c(C2CC2)nc2ccc(NC(=O)c3ccc(-c4ccc(F)nc4)cn3)cn12. The average molecular weight is 387 g/mol. The van der Waals surface area contributed by atoms with Crippen LogP contribution in [0.25, 0.3) is 16.8 Å². The number of fused-ring (bicyclic) bond motifs is 1. The van der Waals surface area contributed by atoms with Crippen LogP contribution in [-0.2, 0) is 0 Å². The first-order chi connectivity index (χ1) is 14.1. The molecule has 0 aromatic carbocycles. The van der Waals surface area contributed by atoms with Crippen LogP contribution in [0.2, 0.25) is 0 Å². The first-order valence-electron chi connectivity index (χ1n) is 9.46. The Kier molecular flexibility index (Phi) is 4.08. The van der Waals surface area contributed by atoms with Gasteiger partial charge in [-0.25, -0.2) is 9.97 Å². The van der Waals surface area contributed by atoms with Crippen LogP contribution in [0, 0.1) is 12.9 Å². The Bertz CT molecular complexity index is 1210. The van der Waals surface area contributed by atoms with Crippen LogP contribution >= 0.6 is 0 Å². The van der Waals surface area contributed by atoms with Gasteiger partial charge in [-0.05, 0) is 50.1 Å². The smallest absolute Gasteiger partial charge is 0.274 e. The van der Waals surface area contributed by atoms with E-state index in [4.69, 9.17) is 4.98 Å². The molecule has 0 bridgehead atoms. The number of rotatable bonds is 4. The van der Waals surface area contributed by atoms with Gasteiger partial charge in [-0.15, -0.1) is 0 Å². The summed E-state index contributed by atoms with van der Waals surface area (Å²) >= 11 is 0. The molecule has 0 saturated heterocycles. The highest BCUT2D eigenvalue weighted by Gasteiger charge is 2.28. The number of hydrogen-bond donors (Lipinski definition) is 1. The molecule has 1 N–H and O–H groups in total. The number of aromatic nitrogens is 4. The molecular formula is C22H18FN5O. The monoisotopic (exact) mass is 387 g/mol. The third-order valence-electron chi connectivity index (χ3n) is 5.17. The molecule has 1 aliphatic carbocycles. The van der Waals surface area contributed by atoms with Crippen molar-refractivity contribution in [2.75, 3.05) is 5.32 Å². The number of pyridine rings is 3. The summed E-state index contributed by atoms with van der Waals surface area (Å²) in [7, 11) is 0. The lowest BCUT2D eigenvalue weighted by atomic mass is 10.1. The molecule has 7 heteroatoms. The second-order valence-corrected chi connectivity index (χ2v) is 7.26. The van der Waals surface area contributed by atoms with E-state index in [1.165, 1.54) is 25.1 Å². The molecule has 5 rings (SSSR count). The molecule has 1 saturated carbocycles. The lowest BCUT2D eigenvalue weighted by Gasteiger charge is -2.07. The van der Waals surface area contributed by atoms with Gasteiger partial charge in [0.25, 0.3) is 5.91 Å². The van der Waals surface area contributed by atoms with Crippen molar-refractivity contribution in [3.63, 3.8) is 0 Å². The lowest BCUT2D eigenvalue weighted by molar-refractivity contribution is 0.102. The van der Waals surface area contributed by atoms with Crippen LogP contribution < -0.4 is 5.32 Å². The first-order valence-corrected chi connectivity index (χ1v) is 9.46. The van der Waals surface area contributed by atoms with Crippen molar-refractivity contribution in [2.24, 2.45) is 0 Å². The van der Waals surface area contributed by atoms with E-state index in [9.17, 15) is 9.18 Å². The maximum atomic E-state index is 13.0. The second-order valence-electron chi connectivity index (χ2n) is 7.26. The number of amides is 1. The number of imidazole rings is 1.